The lowest BCUT2D eigenvalue weighted by atomic mass is 10.2. The molecule has 1 atom stereocenters. The zero-order valence-electron chi connectivity index (χ0n) is 14.2. The first-order valence-corrected chi connectivity index (χ1v) is 8.16. The van der Waals surface area contributed by atoms with E-state index in [9.17, 15) is 18.0 Å². The van der Waals surface area contributed by atoms with Crippen molar-refractivity contribution in [1.29, 1.82) is 0 Å². The van der Waals surface area contributed by atoms with Crippen molar-refractivity contribution >= 4 is 28.9 Å². The number of rotatable bonds is 4. The van der Waals surface area contributed by atoms with Gasteiger partial charge in [0.25, 0.3) is 0 Å². The highest BCUT2D eigenvalue weighted by molar-refractivity contribution is 6.32. The second kappa shape index (κ2) is 7.16. The van der Waals surface area contributed by atoms with Crippen molar-refractivity contribution in [3.05, 3.63) is 47.0 Å². The maximum absolute atomic E-state index is 12.7. The van der Waals surface area contributed by atoms with E-state index in [1.54, 1.807) is 30.1 Å². The second-order valence-electron chi connectivity index (χ2n) is 5.73. The Labute approximate surface area is 157 Å². The molecule has 0 bridgehead atoms. The van der Waals surface area contributed by atoms with E-state index in [4.69, 9.17) is 21.1 Å². The standard InChI is InChI=1S/C17H15ClF3N3O3/c1-9(16(25)26-2)24-14-5-4-11(8-13(14)22-23-24)27-15-6-3-10(7-12(15)18)17(19,20)21/h3-9,22-23H,1-2H3. The van der Waals surface area contributed by atoms with Gasteiger partial charge in [-0.25, -0.2) is 4.79 Å². The predicted molar refractivity (Wildman–Crippen MR) is 93.7 cm³/mol. The number of alkyl halides is 3. The van der Waals surface area contributed by atoms with Crippen LogP contribution in [0, 0.1) is 0 Å². The Morgan fingerprint density at radius 3 is 2.59 bits per heavy atom. The van der Waals surface area contributed by atoms with Crippen LogP contribution in [0.3, 0.4) is 0 Å². The summed E-state index contributed by atoms with van der Waals surface area (Å²) in [6.45, 7) is 1.67. The number of carbonyl (C=O) groups is 1. The molecule has 0 spiro atoms. The first-order chi connectivity index (χ1) is 12.7. The Morgan fingerprint density at radius 1 is 1.22 bits per heavy atom. The third-order valence-corrected chi connectivity index (χ3v) is 4.25. The van der Waals surface area contributed by atoms with E-state index in [1.807, 2.05) is 0 Å². The molecular weight excluding hydrogens is 387 g/mol. The topological polar surface area (TPSA) is 62.8 Å². The van der Waals surface area contributed by atoms with Gasteiger partial charge in [-0.2, -0.15) is 13.2 Å². The maximum Gasteiger partial charge on any atom is 0.416 e. The third-order valence-electron chi connectivity index (χ3n) is 3.96. The fourth-order valence-corrected chi connectivity index (χ4v) is 2.76. The number of methoxy groups -OCH3 is 1. The van der Waals surface area contributed by atoms with Crippen molar-refractivity contribution < 1.29 is 27.4 Å². The number of hydrogen-bond donors (Lipinski definition) is 2. The minimum atomic E-state index is -4.48. The molecule has 2 aromatic carbocycles. The predicted octanol–water partition coefficient (Wildman–Crippen LogP) is 4.36. The number of hydrogen-bond acceptors (Lipinski definition) is 6. The van der Waals surface area contributed by atoms with Crippen LogP contribution in [0.1, 0.15) is 12.5 Å². The molecular formula is C17H15ClF3N3O3. The lowest BCUT2D eigenvalue weighted by Gasteiger charge is -2.23. The van der Waals surface area contributed by atoms with Crippen LogP contribution >= 0.6 is 11.6 Å². The average molecular weight is 402 g/mol. The van der Waals surface area contributed by atoms with Crippen LogP contribution in [0.5, 0.6) is 11.5 Å². The van der Waals surface area contributed by atoms with Crippen molar-refractivity contribution in [2.24, 2.45) is 0 Å². The second-order valence-corrected chi connectivity index (χ2v) is 6.14. The van der Waals surface area contributed by atoms with Gasteiger partial charge in [-0.05, 0) is 37.3 Å². The molecule has 3 rings (SSSR count). The van der Waals surface area contributed by atoms with E-state index in [2.05, 4.69) is 11.0 Å². The van der Waals surface area contributed by atoms with Crippen LogP contribution in [0.4, 0.5) is 24.5 Å². The molecule has 1 unspecified atom stereocenters. The highest BCUT2D eigenvalue weighted by Crippen LogP contribution is 2.39. The molecule has 2 N–H and O–H groups in total. The number of nitrogens with zero attached hydrogens (tertiary/aromatic N) is 1. The zero-order chi connectivity index (χ0) is 19.8. The highest BCUT2D eigenvalue weighted by Gasteiger charge is 2.31. The number of esters is 1. The number of benzene rings is 2. The average Bonchev–Trinajstić information content (AvgIpc) is 3.04. The fraction of sp³-hybridized carbons (Fsp3) is 0.235. The minimum absolute atomic E-state index is 0.0929. The van der Waals surface area contributed by atoms with Crippen molar-refractivity contribution in [3.63, 3.8) is 0 Å². The van der Waals surface area contributed by atoms with Gasteiger partial charge in [0.2, 0.25) is 0 Å². The van der Waals surface area contributed by atoms with Crippen LogP contribution in [0.15, 0.2) is 36.4 Å². The number of ether oxygens (including phenoxy) is 2. The Balaban J connectivity index is 1.80. The SMILES string of the molecule is COC(=O)C(C)N1NNc2cc(Oc3ccc(C(F)(F)F)cc3Cl)ccc21. The summed E-state index contributed by atoms with van der Waals surface area (Å²) in [5.74, 6) is 0.0293. The summed E-state index contributed by atoms with van der Waals surface area (Å²) < 4.78 is 48.4. The van der Waals surface area contributed by atoms with E-state index in [0.717, 1.165) is 18.2 Å². The van der Waals surface area contributed by atoms with E-state index < -0.39 is 23.8 Å². The number of anilines is 2. The summed E-state index contributed by atoms with van der Waals surface area (Å²) in [7, 11) is 1.30. The summed E-state index contributed by atoms with van der Waals surface area (Å²) in [5.41, 5.74) is 6.17. The Bertz CT molecular complexity index is 876. The van der Waals surface area contributed by atoms with E-state index >= 15 is 0 Å². The van der Waals surface area contributed by atoms with Gasteiger partial charge >= 0.3 is 12.1 Å². The largest absolute Gasteiger partial charge is 0.467 e. The number of carbonyl (C=O) groups excluding carboxylic acids is 1. The van der Waals surface area contributed by atoms with Crippen molar-refractivity contribution in [1.82, 2.24) is 5.53 Å². The highest BCUT2D eigenvalue weighted by atomic mass is 35.5. The minimum Gasteiger partial charge on any atom is -0.467 e. The van der Waals surface area contributed by atoms with Crippen molar-refractivity contribution in [2.45, 2.75) is 19.1 Å². The summed E-state index contributed by atoms with van der Waals surface area (Å²) >= 11 is 5.91. The Kier molecular flexibility index (Phi) is 5.07. The molecule has 2 aromatic rings. The van der Waals surface area contributed by atoms with Gasteiger partial charge in [-0.15, -0.1) is 5.53 Å². The number of hydrazine groups is 2. The monoisotopic (exact) mass is 401 g/mol. The molecule has 1 heterocycles. The molecule has 6 nitrogen and oxygen atoms in total. The smallest absolute Gasteiger partial charge is 0.416 e. The molecule has 10 heteroatoms. The van der Waals surface area contributed by atoms with E-state index in [0.29, 0.717) is 17.1 Å². The van der Waals surface area contributed by atoms with Gasteiger partial charge in [-0.1, -0.05) is 11.6 Å². The normalized spacial score (nSPS) is 14.4. The maximum atomic E-state index is 12.7. The van der Waals surface area contributed by atoms with Gasteiger partial charge < -0.3 is 14.9 Å². The first kappa shape index (κ1) is 19.1. The molecule has 0 aliphatic carbocycles. The summed E-state index contributed by atoms with van der Waals surface area (Å²) in [4.78, 5) is 11.7. The van der Waals surface area contributed by atoms with Gasteiger partial charge in [-0.3, -0.25) is 5.01 Å². The Morgan fingerprint density at radius 2 is 1.96 bits per heavy atom. The van der Waals surface area contributed by atoms with E-state index in [-0.39, 0.29) is 10.8 Å². The van der Waals surface area contributed by atoms with Gasteiger partial charge in [0.1, 0.15) is 17.5 Å². The quantitative estimate of drug-likeness (QED) is 0.742. The van der Waals surface area contributed by atoms with Crippen LogP contribution in [0.25, 0.3) is 0 Å². The van der Waals surface area contributed by atoms with Crippen LogP contribution in [0.2, 0.25) is 5.02 Å². The molecule has 0 fully saturated rings. The number of nitrogens with one attached hydrogen (secondary N) is 2. The first-order valence-electron chi connectivity index (χ1n) is 7.78. The van der Waals surface area contributed by atoms with Crippen LogP contribution < -0.4 is 20.7 Å². The third kappa shape index (κ3) is 3.88. The molecule has 0 saturated heterocycles. The molecule has 0 amide bonds. The summed E-state index contributed by atoms with van der Waals surface area (Å²) in [5, 5.41) is 1.42. The molecule has 144 valence electrons. The van der Waals surface area contributed by atoms with Crippen LogP contribution in [-0.2, 0) is 15.7 Å². The van der Waals surface area contributed by atoms with Crippen molar-refractivity contribution in [3.8, 4) is 11.5 Å². The molecule has 1 aliphatic rings. The number of halogens is 4. The fourth-order valence-electron chi connectivity index (χ4n) is 2.54. The molecule has 27 heavy (non-hydrogen) atoms. The molecule has 0 radical (unpaired) electrons. The lowest BCUT2D eigenvalue weighted by molar-refractivity contribution is -0.142. The van der Waals surface area contributed by atoms with Gasteiger partial charge in [0.05, 0.1) is 29.1 Å². The van der Waals surface area contributed by atoms with Crippen LogP contribution in [-0.4, -0.2) is 19.1 Å². The number of fused-ring (bicyclic) bond motifs is 1. The van der Waals surface area contributed by atoms with E-state index in [1.165, 1.54) is 7.11 Å². The molecule has 0 saturated carbocycles. The molecule has 1 aliphatic heterocycles. The summed E-state index contributed by atoms with van der Waals surface area (Å²) in [6.07, 6.45) is -4.48. The van der Waals surface area contributed by atoms with Gasteiger partial charge in [0.15, 0.2) is 0 Å². The molecule has 0 aromatic heterocycles. The van der Waals surface area contributed by atoms with Gasteiger partial charge in [0, 0.05) is 6.07 Å². The van der Waals surface area contributed by atoms with Crippen molar-refractivity contribution in [2.75, 3.05) is 17.5 Å². The summed E-state index contributed by atoms with van der Waals surface area (Å²) in [6, 6.07) is 7.21. The zero-order valence-corrected chi connectivity index (χ0v) is 15.0. The lowest BCUT2D eigenvalue weighted by Crippen LogP contribution is -2.47. The Hall–Kier alpha value is -2.65.